The molecule has 2 nitrogen and oxygen atoms in total. The molecule has 1 aromatic carbocycles. The van der Waals surface area contributed by atoms with Gasteiger partial charge in [0.25, 0.3) is 0 Å². The van der Waals surface area contributed by atoms with Crippen molar-refractivity contribution in [2.75, 3.05) is 14.1 Å². The third-order valence-electron chi connectivity index (χ3n) is 2.91. The molecule has 0 bridgehead atoms. The predicted molar refractivity (Wildman–Crippen MR) is 60.4 cm³/mol. The zero-order valence-corrected chi connectivity index (χ0v) is 9.21. The van der Waals surface area contributed by atoms with E-state index in [-0.39, 0.29) is 11.9 Å². The number of hydrogen-bond acceptors (Lipinski definition) is 1. The maximum absolute atomic E-state index is 13.7. The zero-order chi connectivity index (χ0) is 11.0. The fraction of sp³-hybridized carbons (Fsp3) is 0.333. The van der Waals surface area contributed by atoms with E-state index in [0.717, 1.165) is 11.1 Å². The molecule has 1 N–H and O–H groups in total. The molecule has 0 spiro atoms. The maximum Gasteiger partial charge on any atom is 0.132 e. The molecule has 0 aliphatic carbocycles. The Labute approximate surface area is 88.7 Å². The molecule has 2 aromatic rings. The van der Waals surface area contributed by atoms with Crippen molar-refractivity contribution in [2.24, 2.45) is 0 Å². The van der Waals surface area contributed by atoms with Crippen LogP contribution in [0.2, 0.25) is 0 Å². The largest absolute Gasteiger partial charge is 0.361 e. The van der Waals surface area contributed by atoms with E-state index < -0.39 is 0 Å². The van der Waals surface area contributed by atoms with Gasteiger partial charge in [-0.3, -0.25) is 0 Å². The molecule has 2 rings (SSSR count). The summed E-state index contributed by atoms with van der Waals surface area (Å²) >= 11 is 0. The topological polar surface area (TPSA) is 19.0 Å². The Morgan fingerprint density at radius 3 is 2.73 bits per heavy atom. The summed E-state index contributed by atoms with van der Waals surface area (Å²) in [4.78, 5) is 5.16. The molecule has 3 heteroatoms. The number of fused-ring (bicyclic) bond motifs is 1. The number of H-pyrrole nitrogens is 1. The molecule has 1 unspecified atom stereocenters. The molecule has 0 aliphatic rings. The van der Waals surface area contributed by atoms with Crippen LogP contribution in [0, 0.1) is 5.82 Å². The molecule has 15 heavy (non-hydrogen) atoms. The lowest BCUT2D eigenvalue weighted by molar-refractivity contribution is 0.322. The second kappa shape index (κ2) is 3.66. The minimum Gasteiger partial charge on any atom is -0.361 e. The minimum absolute atomic E-state index is 0.155. The van der Waals surface area contributed by atoms with E-state index in [2.05, 4.69) is 16.8 Å². The normalized spacial score (nSPS) is 13.7. The maximum atomic E-state index is 13.7. The van der Waals surface area contributed by atoms with Gasteiger partial charge < -0.3 is 9.88 Å². The van der Waals surface area contributed by atoms with Crippen LogP contribution < -0.4 is 0 Å². The number of halogens is 1. The van der Waals surface area contributed by atoms with Crippen molar-refractivity contribution in [3.63, 3.8) is 0 Å². The first-order valence-corrected chi connectivity index (χ1v) is 5.03. The summed E-state index contributed by atoms with van der Waals surface area (Å²) in [6.45, 7) is 2.06. The number of hydrogen-bond donors (Lipinski definition) is 1. The van der Waals surface area contributed by atoms with Crippen LogP contribution in [0.1, 0.15) is 18.5 Å². The van der Waals surface area contributed by atoms with Gasteiger partial charge in [-0.2, -0.15) is 0 Å². The highest BCUT2D eigenvalue weighted by atomic mass is 19.1. The van der Waals surface area contributed by atoms with E-state index in [1.54, 1.807) is 6.07 Å². The van der Waals surface area contributed by atoms with Gasteiger partial charge in [-0.1, -0.05) is 6.07 Å². The zero-order valence-electron chi connectivity index (χ0n) is 9.21. The van der Waals surface area contributed by atoms with Crippen molar-refractivity contribution in [2.45, 2.75) is 13.0 Å². The first kappa shape index (κ1) is 10.2. The van der Waals surface area contributed by atoms with E-state index in [9.17, 15) is 4.39 Å². The standard InChI is InChI=1S/C12H15FN2/c1-8(15(2)3)9-7-14-11-6-4-5-10(13)12(9)11/h4-8,14H,1-3H3. The Bertz CT molecular complexity index is 473. The number of nitrogens with zero attached hydrogens (tertiary/aromatic N) is 1. The Balaban J connectivity index is 2.62. The van der Waals surface area contributed by atoms with Gasteiger partial charge in [-0.25, -0.2) is 4.39 Å². The van der Waals surface area contributed by atoms with Gasteiger partial charge in [-0.05, 0) is 38.7 Å². The van der Waals surface area contributed by atoms with Crippen LogP contribution in [-0.4, -0.2) is 24.0 Å². The van der Waals surface area contributed by atoms with Gasteiger partial charge in [0, 0.05) is 23.1 Å². The molecule has 1 heterocycles. The molecule has 0 radical (unpaired) electrons. The highest BCUT2D eigenvalue weighted by Gasteiger charge is 2.15. The van der Waals surface area contributed by atoms with Crippen molar-refractivity contribution >= 4 is 10.9 Å². The van der Waals surface area contributed by atoms with E-state index in [1.807, 2.05) is 26.4 Å². The van der Waals surface area contributed by atoms with Gasteiger partial charge in [-0.15, -0.1) is 0 Å². The first-order valence-electron chi connectivity index (χ1n) is 5.03. The predicted octanol–water partition coefficient (Wildman–Crippen LogP) is 2.93. The van der Waals surface area contributed by atoms with Crippen LogP contribution in [0.4, 0.5) is 4.39 Å². The van der Waals surface area contributed by atoms with E-state index in [0.29, 0.717) is 5.39 Å². The molecule has 1 aromatic heterocycles. The van der Waals surface area contributed by atoms with Crippen LogP contribution in [0.25, 0.3) is 10.9 Å². The average molecular weight is 206 g/mol. The van der Waals surface area contributed by atoms with Crippen LogP contribution >= 0.6 is 0 Å². The quantitative estimate of drug-likeness (QED) is 0.800. The number of aromatic amines is 1. The molecular weight excluding hydrogens is 191 g/mol. The van der Waals surface area contributed by atoms with Crippen molar-refractivity contribution in [1.29, 1.82) is 0 Å². The van der Waals surface area contributed by atoms with Gasteiger partial charge >= 0.3 is 0 Å². The fourth-order valence-electron chi connectivity index (χ4n) is 1.77. The van der Waals surface area contributed by atoms with Crippen molar-refractivity contribution < 1.29 is 4.39 Å². The first-order chi connectivity index (χ1) is 7.11. The van der Waals surface area contributed by atoms with Crippen LogP contribution in [0.3, 0.4) is 0 Å². The summed E-state index contributed by atoms with van der Waals surface area (Å²) in [6, 6.07) is 5.32. The van der Waals surface area contributed by atoms with E-state index in [4.69, 9.17) is 0 Å². The lowest BCUT2D eigenvalue weighted by atomic mass is 10.1. The Morgan fingerprint density at radius 1 is 1.33 bits per heavy atom. The summed E-state index contributed by atoms with van der Waals surface area (Å²) in [5.41, 5.74) is 1.87. The smallest absolute Gasteiger partial charge is 0.132 e. The van der Waals surface area contributed by atoms with E-state index in [1.165, 1.54) is 6.07 Å². The molecule has 0 fully saturated rings. The summed E-state index contributed by atoms with van der Waals surface area (Å²) < 4.78 is 13.7. The number of benzene rings is 1. The van der Waals surface area contributed by atoms with E-state index >= 15 is 0 Å². The highest BCUT2D eigenvalue weighted by molar-refractivity contribution is 5.84. The van der Waals surface area contributed by atoms with Crippen LogP contribution in [0.5, 0.6) is 0 Å². The number of rotatable bonds is 2. The van der Waals surface area contributed by atoms with Crippen molar-refractivity contribution in [1.82, 2.24) is 9.88 Å². The van der Waals surface area contributed by atoms with Gasteiger partial charge in [0.05, 0.1) is 0 Å². The fourth-order valence-corrected chi connectivity index (χ4v) is 1.77. The van der Waals surface area contributed by atoms with Gasteiger partial charge in [0.15, 0.2) is 0 Å². The number of aromatic nitrogens is 1. The lowest BCUT2D eigenvalue weighted by Crippen LogP contribution is -2.16. The van der Waals surface area contributed by atoms with Crippen LogP contribution in [-0.2, 0) is 0 Å². The minimum atomic E-state index is -0.155. The Kier molecular flexibility index (Phi) is 2.49. The Hall–Kier alpha value is -1.35. The highest BCUT2D eigenvalue weighted by Crippen LogP contribution is 2.28. The molecular formula is C12H15FN2. The summed E-state index contributed by atoms with van der Waals surface area (Å²) in [6.07, 6.45) is 1.89. The molecule has 1 atom stereocenters. The van der Waals surface area contributed by atoms with Gasteiger partial charge in [0.1, 0.15) is 5.82 Å². The summed E-state index contributed by atoms with van der Waals surface area (Å²) in [7, 11) is 3.98. The monoisotopic (exact) mass is 206 g/mol. The molecule has 0 amide bonds. The second-order valence-corrected chi connectivity index (χ2v) is 4.05. The second-order valence-electron chi connectivity index (χ2n) is 4.05. The molecule has 0 saturated heterocycles. The van der Waals surface area contributed by atoms with Crippen molar-refractivity contribution in [3.8, 4) is 0 Å². The molecule has 80 valence electrons. The average Bonchev–Trinajstić information content (AvgIpc) is 2.61. The molecule has 0 aliphatic heterocycles. The Morgan fingerprint density at radius 2 is 2.07 bits per heavy atom. The summed E-state index contributed by atoms with van der Waals surface area (Å²) in [5.74, 6) is -0.155. The lowest BCUT2D eigenvalue weighted by Gasteiger charge is -2.19. The SMILES string of the molecule is CC(c1c[nH]c2cccc(F)c12)N(C)C. The van der Waals surface area contributed by atoms with Crippen molar-refractivity contribution in [3.05, 3.63) is 35.8 Å². The third-order valence-corrected chi connectivity index (χ3v) is 2.91. The third kappa shape index (κ3) is 1.63. The summed E-state index contributed by atoms with van der Waals surface area (Å²) in [5, 5.41) is 0.707. The van der Waals surface area contributed by atoms with Crippen LogP contribution in [0.15, 0.2) is 24.4 Å². The molecule has 0 saturated carbocycles. The van der Waals surface area contributed by atoms with Gasteiger partial charge in [0.2, 0.25) is 0 Å². The number of nitrogens with one attached hydrogen (secondary N) is 1.